The SMILES string of the molecule is CCN(CC)C(=O)CN(C)C(=O)CNC(=O)CN. The molecule has 0 aliphatic rings. The first-order valence-electron chi connectivity index (χ1n) is 5.94. The van der Waals surface area contributed by atoms with Gasteiger partial charge in [0, 0.05) is 20.1 Å². The van der Waals surface area contributed by atoms with Crippen molar-refractivity contribution in [2.75, 3.05) is 39.8 Å². The van der Waals surface area contributed by atoms with E-state index in [-0.39, 0.29) is 31.4 Å². The van der Waals surface area contributed by atoms with E-state index in [1.165, 1.54) is 11.9 Å². The molecule has 0 atom stereocenters. The summed E-state index contributed by atoms with van der Waals surface area (Å²) in [5.74, 6) is -0.829. The highest BCUT2D eigenvalue weighted by Gasteiger charge is 2.16. The highest BCUT2D eigenvalue weighted by molar-refractivity contribution is 5.88. The Morgan fingerprint density at radius 3 is 2.11 bits per heavy atom. The number of likely N-dealkylation sites (N-methyl/N-ethyl adjacent to an activating group) is 2. The molecule has 0 bridgehead atoms. The molecule has 3 N–H and O–H groups in total. The average Bonchev–Trinajstić information content (AvgIpc) is 2.36. The maximum atomic E-state index is 11.7. The molecule has 0 radical (unpaired) electrons. The van der Waals surface area contributed by atoms with Crippen LogP contribution < -0.4 is 11.1 Å². The maximum absolute atomic E-state index is 11.7. The Hall–Kier alpha value is -1.63. The van der Waals surface area contributed by atoms with E-state index >= 15 is 0 Å². The molecule has 0 saturated carbocycles. The number of nitrogens with two attached hydrogens (primary N) is 1. The number of nitrogens with zero attached hydrogens (tertiary/aromatic N) is 2. The molecule has 18 heavy (non-hydrogen) atoms. The second-order valence-corrected chi connectivity index (χ2v) is 3.80. The summed E-state index contributed by atoms with van der Waals surface area (Å²) in [6.45, 7) is 4.70. The van der Waals surface area contributed by atoms with Crippen molar-refractivity contribution in [1.29, 1.82) is 0 Å². The van der Waals surface area contributed by atoms with Gasteiger partial charge in [0.15, 0.2) is 0 Å². The third-order valence-corrected chi connectivity index (χ3v) is 2.54. The fourth-order valence-electron chi connectivity index (χ4n) is 1.35. The minimum atomic E-state index is -0.396. The van der Waals surface area contributed by atoms with Gasteiger partial charge in [-0.1, -0.05) is 0 Å². The van der Waals surface area contributed by atoms with Crippen LogP contribution in [0.5, 0.6) is 0 Å². The quantitative estimate of drug-likeness (QED) is 0.574. The van der Waals surface area contributed by atoms with E-state index < -0.39 is 5.91 Å². The molecule has 7 heteroatoms. The minimum Gasteiger partial charge on any atom is -0.346 e. The summed E-state index contributed by atoms with van der Waals surface area (Å²) in [6, 6.07) is 0. The first kappa shape index (κ1) is 16.4. The van der Waals surface area contributed by atoms with E-state index in [4.69, 9.17) is 5.73 Å². The van der Waals surface area contributed by atoms with Gasteiger partial charge in [-0.05, 0) is 13.8 Å². The van der Waals surface area contributed by atoms with Gasteiger partial charge in [0.1, 0.15) is 0 Å². The van der Waals surface area contributed by atoms with Gasteiger partial charge in [0.05, 0.1) is 19.6 Å². The van der Waals surface area contributed by atoms with Crippen LogP contribution in [0.2, 0.25) is 0 Å². The van der Waals surface area contributed by atoms with Crippen LogP contribution in [0.3, 0.4) is 0 Å². The summed E-state index contributed by atoms with van der Waals surface area (Å²) >= 11 is 0. The van der Waals surface area contributed by atoms with Crippen molar-refractivity contribution in [2.24, 2.45) is 5.73 Å². The van der Waals surface area contributed by atoms with Gasteiger partial charge in [0.2, 0.25) is 17.7 Å². The van der Waals surface area contributed by atoms with Crippen LogP contribution in [0.1, 0.15) is 13.8 Å². The first-order valence-corrected chi connectivity index (χ1v) is 5.94. The maximum Gasteiger partial charge on any atom is 0.242 e. The molecule has 0 aliphatic carbocycles. The summed E-state index contributed by atoms with van der Waals surface area (Å²) in [5, 5.41) is 2.36. The Morgan fingerprint density at radius 1 is 1.11 bits per heavy atom. The number of nitrogens with one attached hydrogen (secondary N) is 1. The van der Waals surface area contributed by atoms with Gasteiger partial charge < -0.3 is 20.9 Å². The Bertz CT molecular complexity index is 303. The molecule has 104 valence electrons. The molecule has 0 aromatic rings. The first-order chi connectivity index (χ1) is 8.46. The third-order valence-electron chi connectivity index (χ3n) is 2.54. The zero-order valence-corrected chi connectivity index (χ0v) is 11.2. The molecule has 0 spiro atoms. The summed E-state index contributed by atoms with van der Waals surface area (Å²) in [6.07, 6.45) is 0. The molecule has 3 amide bonds. The molecular formula is C11H22N4O3. The molecule has 7 nitrogen and oxygen atoms in total. The predicted octanol–water partition coefficient (Wildman–Crippen LogP) is -1.61. The summed E-state index contributed by atoms with van der Waals surface area (Å²) in [7, 11) is 1.53. The van der Waals surface area contributed by atoms with E-state index in [2.05, 4.69) is 5.32 Å². The number of hydrogen-bond donors (Lipinski definition) is 2. The van der Waals surface area contributed by atoms with E-state index in [0.29, 0.717) is 13.1 Å². The molecule has 0 unspecified atom stereocenters. The van der Waals surface area contributed by atoms with Gasteiger partial charge in [-0.2, -0.15) is 0 Å². The van der Waals surface area contributed by atoms with Gasteiger partial charge >= 0.3 is 0 Å². The van der Waals surface area contributed by atoms with Crippen LogP contribution >= 0.6 is 0 Å². The third kappa shape index (κ3) is 5.62. The fraction of sp³-hybridized carbons (Fsp3) is 0.727. The number of hydrogen-bond acceptors (Lipinski definition) is 4. The van der Waals surface area contributed by atoms with Crippen molar-refractivity contribution in [3.63, 3.8) is 0 Å². The van der Waals surface area contributed by atoms with Crippen LogP contribution in [-0.4, -0.2) is 67.3 Å². The van der Waals surface area contributed by atoms with Gasteiger partial charge in [0.25, 0.3) is 0 Å². The zero-order chi connectivity index (χ0) is 14.1. The van der Waals surface area contributed by atoms with Crippen LogP contribution in [0.25, 0.3) is 0 Å². The van der Waals surface area contributed by atoms with Crippen molar-refractivity contribution in [3.05, 3.63) is 0 Å². The topological polar surface area (TPSA) is 95.7 Å². The van der Waals surface area contributed by atoms with E-state index in [9.17, 15) is 14.4 Å². The molecule has 0 aromatic heterocycles. The number of amides is 3. The van der Waals surface area contributed by atoms with Crippen LogP contribution in [0, 0.1) is 0 Å². The van der Waals surface area contributed by atoms with Crippen molar-refractivity contribution in [2.45, 2.75) is 13.8 Å². The van der Waals surface area contributed by atoms with Crippen molar-refractivity contribution >= 4 is 17.7 Å². The van der Waals surface area contributed by atoms with Crippen LogP contribution in [-0.2, 0) is 14.4 Å². The van der Waals surface area contributed by atoms with Crippen molar-refractivity contribution in [1.82, 2.24) is 15.1 Å². The number of carbonyl (C=O) groups excluding carboxylic acids is 3. The zero-order valence-electron chi connectivity index (χ0n) is 11.2. The van der Waals surface area contributed by atoms with Crippen molar-refractivity contribution < 1.29 is 14.4 Å². The number of carbonyl (C=O) groups is 3. The lowest BCUT2D eigenvalue weighted by molar-refractivity contribution is -0.139. The lowest BCUT2D eigenvalue weighted by Crippen LogP contribution is -2.45. The summed E-state index contributed by atoms with van der Waals surface area (Å²) < 4.78 is 0. The molecule has 0 heterocycles. The highest BCUT2D eigenvalue weighted by atomic mass is 16.2. The molecule has 0 saturated heterocycles. The van der Waals surface area contributed by atoms with E-state index in [1.54, 1.807) is 4.90 Å². The normalized spacial score (nSPS) is 9.78. The molecule has 0 fully saturated rings. The van der Waals surface area contributed by atoms with Crippen LogP contribution in [0.15, 0.2) is 0 Å². The van der Waals surface area contributed by atoms with Gasteiger partial charge in [-0.25, -0.2) is 0 Å². The van der Waals surface area contributed by atoms with Gasteiger partial charge in [-0.3, -0.25) is 14.4 Å². The lowest BCUT2D eigenvalue weighted by atomic mass is 10.4. The number of rotatable bonds is 7. The molecular weight excluding hydrogens is 236 g/mol. The van der Waals surface area contributed by atoms with Gasteiger partial charge in [-0.15, -0.1) is 0 Å². The Kier molecular flexibility index (Phi) is 7.69. The molecule has 0 aromatic carbocycles. The monoisotopic (exact) mass is 258 g/mol. The van der Waals surface area contributed by atoms with Crippen molar-refractivity contribution in [3.8, 4) is 0 Å². The summed E-state index contributed by atoms with van der Waals surface area (Å²) in [5.41, 5.74) is 5.09. The minimum absolute atomic E-state index is 0.0129. The Labute approximate surface area is 107 Å². The van der Waals surface area contributed by atoms with E-state index in [1.807, 2.05) is 13.8 Å². The molecule has 0 aliphatic heterocycles. The molecule has 0 rings (SSSR count). The Morgan fingerprint density at radius 2 is 1.67 bits per heavy atom. The predicted molar refractivity (Wildman–Crippen MR) is 67.6 cm³/mol. The largest absolute Gasteiger partial charge is 0.346 e. The standard InChI is InChI=1S/C11H22N4O3/c1-4-15(5-2)11(18)8-14(3)10(17)7-13-9(16)6-12/h4-8,12H2,1-3H3,(H,13,16). The average molecular weight is 258 g/mol. The van der Waals surface area contributed by atoms with E-state index in [0.717, 1.165) is 0 Å². The van der Waals surface area contributed by atoms with Crippen LogP contribution in [0.4, 0.5) is 0 Å². The Balaban J connectivity index is 4.15. The fourth-order valence-corrected chi connectivity index (χ4v) is 1.35. The second kappa shape index (κ2) is 8.46. The summed E-state index contributed by atoms with van der Waals surface area (Å²) in [4.78, 5) is 37.1. The lowest BCUT2D eigenvalue weighted by Gasteiger charge is -2.23. The second-order valence-electron chi connectivity index (χ2n) is 3.80. The smallest absolute Gasteiger partial charge is 0.242 e. The highest BCUT2D eigenvalue weighted by Crippen LogP contribution is 1.92.